The molecule has 3 aromatic rings. The normalized spacial score (nSPS) is 11.4. The molecule has 0 radical (unpaired) electrons. The first-order valence-corrected chi connectivity index (χ1v) is 7.66. The number of carbonyl (C=O) groups excluding carboxylic acids is 1. The van der Waals surface area contributed by atoms with Gasteiger partial charge in [0.05, 0.1) is 23.6 Å². The van der Waals surface area contributed by atoms with Crippen molar-refractivity contribution in [1.29, 1.82) is 0 Å². The molecule has 2 aromatic heterocycles. The van der Waals surface area contributed by atoms with E-state index >= 15 is 0 Å². The maximum Gasteiger partial charge on any atom is 0.416 e. The van der Waals surface area contributed by atoms with Gasteiger partial charge in [0, 0.05) is 25.9 Å². The first-order chi connectivity index (χ1) is 12.3. The predicted molar refractivity (Wildman–Crippen MR) is 90.6 cm³/mol. The number of anilines is 1. The first-order valence-electron chi connectivity index (χ1n) is 7.66. The molecule has 0 saturated heterocycles. The van der Waals surface area contributed by atoms with Gasteiger partial charge >= 0.3 is 6.18 Å². The number of nitrogens with zero attached hydrogens (tertiary/aromatic N) is 4. The van der Waals surface area contributed by atoms with Crippen LogP contribution in [0.15, 0.2) is 55.0 Å². The molecule has 26 heavy (non-hydrogen) atoms. The number of amides is 1. The molecule has 0 unspecified atom stereocenters. The first kappa shape index (κ1) is 17.7. The molecule has 3 rings (SSSR count). The van der Waals surface area contributed by atoms with E-state index in [-0.39, 0.29) is 23.0 Å². The lowest BCUT2D eigenvalue weighted by molar-refractivity contribution is -0.137. The van der Waals surface area contributed by atoms with Crippen LogP contribution in [-0.2, 0) is 13.2 Å². The van der Waals surface area contributed by atoms with Crippen LogP contribution in [0.5, 0.6) is 0 Å². The molecule has 0 saturated carbocycles. The number of imidazole rings is 1. The van der Waals surface area contributed by atoms with Crippen molar-refractivity contribution in [2.75, 3.05) is 11.9 Å². The summed E-state index contributed by atoms with van der Waals surface area (Å²) in [5.74, 6) is -0.0646. The highest BCUT2D eigenvalue weighted by Crippen LogP contribution is 2.32. The lowest BCUT2D eigenvalue weighted by Gasteiger charge is -2.17. The predicted octanol–water partition coefficient (Wildman–Crippen LogP) is 3.78. The van der Waals surface area contributed by atoms with Crippen LogP contribution in [0.2, 0.25) is 0 Å². The topological polar surface area (TPSA) is 51.0 Å². The lowest BCUT2D eigenvalue weighted by atomic mass is 10.1. The number of hydrogen-bond acceptors (Lipinski definition) is 3. The van der Waals surface area contributed by atoms with Gasteiger partial charge in [-0.2, -0.15) is 13.2 Å². The van der Waals surface area contributed by atoms with Crippen LogP contribution in [0, 0.1) is 0 Å². The minimum absolute atomic E-state index is 0.253. The van der Waals surface area contributed by atoms with Crippen LogP contribution < -0.4 is 4.90 Å². The second-order valence-electron chi connectivity index (χ2n) is 5.68. The second kappa shape index (κ2) is 6.62. The van der Waals surface area contributed by atoms with Crippen LogP contribution in [-0.4, -0.2) is 27.5 Å². The average molecular weight is 360 g/mol. The van der Waals surface area contributed by atoms with E-state index in [0.29, 0.717) is 5.69 Å². The Morgan fingerprint density at radius 1 is 1.15 bits per heavy atom. The zero-order valence-corrected chi connectivity index (χ0v) is 14.0. The summed E-state index contributed by atoms with van der Waals surface area (Å²) in [5.41, 5.74) is 0.367. The van der Waals surface area contributed by atoms with Crippen LogP contribution >= 0.6 is 0 Å². The maximum absolute atomic E-state index is 12.9. The summed E-state index contributed by atoms with van der Waals surface area (Å²) in [6.45, 7) is 0. The Morgan fingerprint density at radius 3 is 2.58 bits per heavy atom. The number of hydrogen-bond donors (Lipinski definition) is 0. The van der Waals surface area contributed by atoms with E-state index in [9.17, 15) is 18.0 Å². The summed E-state index contributed by atoms with van der Waals surface area (Å²) < 4.78 is 40.2. The zero-order chi connectivity index (χ0) is 18.9. The molecule has 2 heterocycles. The van der Waals surface area contributed by atoms with Crippen molar-refractivity contribution in [1.82, 2.24) is 14.5 Å². The average Bonchev–Trinajstić information content (AvgIpc) is 3.02. The lowest BCUT2D eigenvalue weighted by Crippen LogP contribution is -2.28. The Kier molecular flexibility index (Phi) is 4.50. The molecule has 0 aliphatic rings. The maximum atomic E-state index is 12.9. The number of halogens is 3. The second-order valence-corrected chi connectivity index (χ2v) is 5.68. The molecule has 0 aliphatic heterocycles. The Morgan fingerprint density at radius 2 is 1.92 bits per heavy atom. The Balaban J connectivity index is 1.95. The summed E-state index contributed by atoms with van der Waals surface area (Å²) in [4.78, 5) is 22.2. The fraction of sp³-hybridized carbons (Fsp3) is 0.167. The van der Waals surface area contributed by atoms with Gasteiger partial charge in [-0.25, -0.2) is 4.98 Å². The number of rotatable bonds is 3. The van der Waals surface area contributed by atoms with Gasteiger partial charge in [0.25, 0.3) is 5.91 Å². The molecule has 5 nitrogen and oxygen atoms in total. The van der Waals surface area contributed by atoms with Crippen LogP contribution in [0.25, 0.3) is 11.4 Å². The van der Waals surface area contributed by atoms with E-state index in [0.717, 1.165) is 12.1 Å². The van der Waals surface area contributed by atoms with Crippen molar-refractivity contribution in [2.24, 2.45) is 7.05 Å². The molecule has 1 aromatic carbocycles. The molecule has 0 aliphatic carbocycles. The van der Waals surface area contributed by atoms with Gasteiger partial charge in [0.15, 0.2) is 0 Å². The van der Waals surface area contributed by atoms with Crippen molar-refractivity contribution in [2.45, 2.75) is 6.18 Å². The van der Waals surface area contributed by atoms with Gasteiger partial charge in [-0.3, -0.25) is 9.78 Å². The molecule has 0 N–H and O–H groups in total. The van der Waals surface area contributed by atoms with Crippen LogP contribution in [0.1, 0.15) is 16.1 Å². The zero-order valence-electron chi connectivity index (χ0n) is 14.0. The molecule has 0 bridgehead atoms. The van der Waals surface area contributed by atoms with E-state index < -0.39 is 11.7 Å². The summed E-state index contributed by atoms with van der Waals surface area (Å²) in [6, 6.07) is 8.29. The van der Waals surface area contributed by atoms with Gasteiger partial charge in [0.2, 0.25) is 0 Å². The summed E-state index contributed by atoms with van der Waals surface area (Å²) in [6.07, 6.45) is 0.0464. The summed E-state index contributed by atoms with van der Waals surface area (Å²) in [5, 5.41) is 0. The van der Waals surface area contributed by atoms with Crippen LogP contribution in [0.4, 0.5) is 18.9 Å². The highest BCUT2D eigenvalue weighted by molar-refractivity contribution is 6.04. The fourth-order valence-electron chi connectivity index (χ4n) is 2.55. The van der Waals surface area contributed by atoms with E-state index in [1.807, 2.05) is 0 Å². The van der Waals surface area contributed by atoms with Gasteiger partial charge < -0.3 is 9.47 Å². The van der Waals surface area contributed by atoms with Crippen LogP contribution in [0.3, 0.4) is 0 Å². The molecule has 0 atom stereocenters. The van der Waals surface area contributed by atoms with Gasteiger partial charge in [-0.1, -0.05) is 12.1 Å². The van der Waals surface area contributed by atoms with E-state index in [1.165, 1.54) is 27.8 Å². The van der Waals surface area contributed by atoms with E-state index in [2.05, 4.69) is 9.97 Å². The number of carbonyl (C=O) groups is 1. The van der Waals surface area contributed by atoms with Crippen molar-refractivity contribution in [3.8, 4) is 11.4 Å². The molecule has 0 fully saturated rings. The number of alkyl halides is 3. The fourth-order valence-corrected chi connectivity index (χ4v) is 2.55. The van der Waals surface area contributed by atoms with Gasteiger partial charge in [0.1, 0.15) is 11.5 Å². The molecular formula is C18H15F3N4O. The van der Waals surface area contributed by atoms with Crippen molar-refractivity contribution >= 4 is 11.6 Å². The SMILES string of the molecule is CN(C(=O)c1cnc(-c2cccc(C(F)(F)F)c2)n1C)c1cccnc1. The summed E-state index contributed by atoms with van der Waals surface area (Å²) >= 11 is 0. The molecular weight excluding hydrogens is 345 g/mol. The largest absolute Gasteiger partial charge is 0.416 e. The number of benzene rings is 1. The quantitative estimate of drug-likeness (QED) is 0.714. The van der Waals surface area contributed by atoms with Crippen molar-refractivity contribution < 1.29 is 18.0 Å². The third-order valence-electron chi connectivity index (χ3n) is 3.99. The van der Waals surface area contributed by atoms with Crippen molar-refractivity contribution in [3.05, 3.63) is 66.2 Å². The molecule has 8 heteroatoms. The smallest absolute Gasteiger partial charge is 0.323 e. The Bertz CT molecular complexity index is 935. The van der Waals surface area contributed by atoms with E-state index in [4.69, 9.17) is 0 Å². The van der Waals surface area contributed by atoms with Gasteiger partial charge in [-0.15, -0.1) is 0 Å². The van der Waals surface area contributed by atoms with E-state index in [1.54, 1.807) is 38.6 Å². The minimum Gasteiger partial charge on any atom is -0.323 e. The highest BCUT2D eigenvalue weighted by atomic mass is 19.4. The molecule has 1 amide bonds. The minimum atomic E-state index is -4.44. The third kappa shape index (κ3) is 3.30. The highest BCUT2D eigenvalue weighted by Gasteiger charge is 2.31. The number of pyridine rings is 1. The standard InChI is InChI=1S/C18H15F3N4O/c1-24(14-7-4-8-22-10-14)17(26)15-11-23-16(25(15)2)12-5-3-6-13(9-12)18(19,20)21/h3-11H,1-2H3. The summed E-state index contributed by atoms with van der Waals surface area (Å²) in [7, 11) is 3.18. The Hall–Kier alpha value is -3.16. The Labute approximate surface area is 147 Å². The van der Waals surface area contributed by atoms with Gasteiger partial charge in [-0.05, 0) is 24.3 Å². The monoisotopic (exact) mass is 360 g/mol. The molecule has 134 valence electrons. The molecule has 0 spiro atoms. The third-order valence-corrected chi connectivity index (χ3v) is 3.99. The number of aromatic nitrogens is 3. The van der Waals surface area contributed by atoms with Crippen molar-refractivity contribution in [3.63, 3.8) is 0 Å².